The van der Waals surface area contributed by atoms with E-state index in [0.29, 0.717) is 5.92 Å². The summed E-state index contributed by atoms with van der Waals surface area (Å²) in [6, 6.07) is 8.31. The minimum absolute atomic E-state index is 0.110. The molecule has 1 aromatic carbocycles. The Hall–Kier alpha value is -1.22. The summed E-state index contributed by atoms with van der Waals surface area (Å²) in [5.41, 5.74) is 7.27. The molecule has 0 saturated carbocycles. The van der Waals surface area contributed by atoms with Gasteiger partial charge in [0, 0.05) is 23.8 Å². The van der Waals surface area contributed by atoms with Crippen molar-refractivity contribution in [3.8, 4) is 5.75 Å². The molecule has 100 valence electrons. The standard InChI is InChI=1S/C15H24N2O/c1-15(2)12(11-16)6-5-9-17(15)13-7-4-8-14(10-13)18-3/h4,7-8,10,12H,5-6,9,11,16H2,1-3H3. The van der Waals surface area contributed by atoms with E-state index in [1.54, 1.807) is 7.11 Å². The number of hydrogen-bond acceptors (Lipinski definition) is 3. The lowest BCUT2D eigenvalue weighted by Crippen LogP contribution is -2.55. The first-order chi connectivity index (χ1) is 8.59. The van der Waals surface area contributed by atoms with Gasteiger partial charge in [-0.25, -0.2) is 0 Å². The third-order valence-electron chi connectivity index (χ3n) is 4.28. The molecule has 2 rings (SSSR count). The summed E-state index contributed by atoms with van der Waals surface area (Å²) in [4.78, 5) is 2.47. The Bertz CT molecular complexity index is 403. The van der Waals surface area contributed by atoms with Crippen molar-refractivity contribution < 1.29 is 4.74 Å². The number of nitrogens with two attached hydrogens (primary N) is 1. The van der Waals surface area contributed by atoms with Crippen LogP contribution < -0.4 is 15.4 Å². The van der Waals surface area contributed by atoms with E-state index in [1.807, 2.05) is 6.07 Å². The lowest BCUT2D eigenvalue weighted by Gasteiger charge is -2.49. The molecule has 0 aliphatic carbocycles. The van der Waals surface area contributed by atoms with Crippen molar-refractivity contribution in [2.75, 3.05) is 25.1 Å². The quantitative estimate of drug-likeness (QED) is 0.893. The van der Waals surface area contributed by atoms with Gasteiger partial charge in [0.1, 0.15) is 5.75 Å². The van der Waals surface area contributed by atoms with E-state index in [-0.39, 0.29) is 5.54 Å². The average molecular weight is 248 g/mol. The van der Waals surface area contributed by atoms with E-state index in [2.05, 4.69) is 36.9 Å². The molecule has 1 aliphatic rings. The maximum Gasteiger partial charge on any atom is 0.120 e. The summed E-state index contributed by atoms with van der Waals surface area (Å²) >= 11 is 0. The highest BCUT2D eigenvalue weighted by atomic mass is 16.5. The van der Waals surface area contributed by atoms with Gasteiger partial charge in [-0.05, 0) is 51.3 Å². The molecule has 0 radical (unpaired) electrons. The number of rotatable bonds is 3. The van der Waals surface area contributed by atoms with Crippen LogP contribution in [0.3, 0.4) is 0 Å². The summed E-state index contributed by atoms with van der Waals surface area (Å²) in [5.74, 6) is 1.47. The van der Waals surface area contributed by atoms with Crippen LogP contribution in [0.15, 0.2) is 24.3 Å². The van der Waals surface area contributed by atoms with Crippen LogP contribution in [0, 0.1) is 5.92 Å². The third kappa shape index (κ3) is 2.32. The summed E-state index contributed by atoms with van der Waals surface area (Å²) in [6.45, 7) is 6.44. The Kier molecular flexibility index (Phi) is 3.81. The topological polar surface area (TPSA) is 38.5 Å². The van der Waals surface area contributed by atoms with E-state index in [1.165, 1.54) is 18.5 Å². The van der Waals surface area contributed by atoms with E-state index in [9.17, 15) is 0 Å². The number of benzene rings is 1. The van der Waals surface area contributed by atoms with Crippen LogP contribution in [0.4, 0.5) is 5.69 Å². The molecule has 1 fully saturated rings. The van der Waals surface area contributed by atoms with Crippen molar-refractivity contribution in [1.29, 1.82) is 0 Å². The zero-order chi connectivity index (χ0) is 13.2. The normalized spacial score (nSPS) is 22.9. The molecule has 1 heterocycles. The molecule has 3 nitrogen and oxygen atoms in total. The van der Waals surface area contributed by atoms with Gasteiger partial charge in [-0.3, -0.25) is 0 Å². The Labute approximate surface area is 110 Å². The van der Waals surface area contributed by atoms with E-state index < -0.39 is 0 Å². The Morgan fingerprint density at radius 3 is 2.89 bits per heavy atom. The highest BCUT2D eigenvalue weighted by Crippen LogP contribution is 2.37. The summed E-state index contributed by atoms with van der Waals surface area (Å²) < 4.78 is 5.32. The number of ether oxygens (including phenoxy) is 1. The van der Waals surface area contributed by atoms with Gasteiger partial charge in [0.05, 0.1) is 7.11 Å². The third-order valence-corrected chi connectivity index (χ3v) is 4.28. The fourth-order valence-electron chi connectivity index (χ4n) is 3.00. The molecule has 0 aromatic heterocycles. The molecule has 3 heteroatoms. The monoisotopic (exact) mass is 248 g/mol. The number of methoxy groups -OCH3 is 1. The molecule has 1 aliphatic heterocycles. The summed E-state index contributed by atoms with van der Waals surface area (Å²) in [6.07, 6.45) is 2.44. The number of piperidine rings is 1. The second-order valence-corrected chi connectivity index (χ2v) is 5.58. The zero-order valence-corrected chi connectivity index (χ0v) is 11.6. The molecule has 1 unspecified atom stereocenters. The van der Waals surface area contributed by atoms with Gasteiger partial charge in [0.25, 0.3) is 0 Å². The van der Waals surface area contributed by atoms with Crippen molar-refractivity contribution in [3.05, 3.63) is 24.3 Å². The first-order valence-electron chi connectivity index (χ1n) is 6.71. The molecule has 2 N–H and O–H groups in total. The Morgan fingerprint density at radius 1 is 1.44 bits per heavy atom. The SMILES string of the molecule is COc1cccc(N2CCCC(CN)C2(C)C)c1. The van der Waals surface area contributed by atoms with Crippen molar-refractivity contribution in [2.45, 2.75) is 32.2 Å². The van der Waals surface area contributed by atoms with Crippen molar-refractivity contribution in [2.24, 2.45) is 11.7 Å². The second kappa shape index (κ2) is 5.19. The molecule has 0 bridgehead atoms. The van der Waals surface area contributed by atoms with Crippen LogP contribution in [0.2, 0.25) is 0 Å². The predicted octanol–water partition coefficient (Wildman–Crippen LogP) is 2.65. The fraction of sp³-hybridized carbons (Fsp3) is 0.600. The van der Waals surface area contributed by atoms with Gasteiger partial charge >= 0.3 is 0 Å². The van der Waals surface area contributed by atoms with Crippen LogP contribution in [0.5, 0.6) is 5.75 Å². The van der Waals surface area contributed by atoms with Gasteiger partial charge in [-0.1, -0.05) is 6.07 Å². The minimum atomic E-state index is 0.110. The maximum absolute atomic E-state index is 5.92. The van der Waals surface area contributed by atoms with Crippen LogP contribution in [-0.2, 0) is 0 Å². The lowest BCUT2D eigenvalue weighted by atomic mass is 9.79. The first-order valence-corrected chi connectivity index (χ1v) is 6.71. The van der Waals surface area contributed by atoms with E-state index >= 15 is 0 Å². The van der Waals surface area contributed by atoms with Crippen LogP contribution in [-0.4, -0.2) is 25.7 Å². The smallest absolute Gasteiger partial charge is 0.120 e. The van der Waals surface area contributed by atoms with Gasteiger partial charge in [-0.15, -0.1) is 0 Å². The molecule has 1 atom stereocenters. The van der Waals surface area contributed by atoms with Crippen LogP contribution in [0.25, 0.3) is 0 Å². The zero-order valence-electron chi connectivity index (χ0n) is 11.6. The highest BCUT2D eigenvalue weighted by Gasteiger charge is 2.37. The highest BCUT2D eigenvalue weighted by molar-refractivity contribution is 5.53. The van der Waals surface area contributed by atoms with E-state index in [4.69, 9.17) is 10.5 Å². The fourth-order valence-corrected chi connectivity index (χ4v) is 3.00. The second-order valence-electron chi connectivity index (χ2n) is 5.58. The van der Waals surface area contributed by atoms with Crippen molar-refractivity contribution in [3.63, 3.8) is 0 Å². The molecule has 1 saturated heterocycles. The summed E-state index contributed by atoms with van der Waals surface area (Å²) in [5, 5.41) is 0. The molecular formula is C15H24N2O. The predicted molar refractivity (Wildman–Crippen MR) is 76.2 cm³/mol. The molecule has 18 heavy (non-hydrogen) atoms. The maximum atomic E-state index is 5.92. The van der Waals surface area contributed by atoms with E-state index in [0.717, 1.165) is 18.8 Å². The number of anilines is 1. The number of nitrogens with zero attached hydrogens (tertiary/aromatic N) is 1. The Balaban J connectivity index is 2.30. The minimum Gasteiger partial charge on any atom is -0.497 e. The van der Waals surface area contributed by atoms with Crippen molar-refractivity contribution in [1.82, 2.24) is 0 Å². The molecular weight excluding hydrogens is 224 g/mol. The molecule has 1 aromatic rings. The van der Waals surface area contributed by atoms with Gasteiger partial charge < -0.3 is 15.4 Å². The number of hydrogen-bond donors (Lipinski definition) is 1. The average Bonchev–Trinajstić information content (AvgIpc) is 2.38. The molecule has 0 amide bonds. The molecule has 0 spiro atoms. The lowest BCUT2D eigenvalue weighted by molar-refractivity contribution is 0.244. The Morgan fingerprint density at radius 2 is 2.22 bits per heavy atom. The van der Waals surface area contributed by atoms with Gasteiger partial charge in [0.15, 0.2) is 0 Å². The van der Waals surface area contributed by atoms with Crippen LogP contribution in [0.1, 0.15) is 26.7 Å². The summed E-state index contributed by atoms with van der Waals surface area (Å²) in [7, 11) is 1.71. The van der Waals surface area contributed by atoms with Crippen molar-refractivity contribution >= 4 is 5.69 Å². The van der Waals surface area contributed by atoms with Crippen LogP contribution >= 0.6 is 0 Å². The first kappa shape index (κ1) is 13.2. The van der Waals surface area contributed by atoms with Gasteiger partial charge in [-0.2, -0.15) is 0 Å². The van der Waals surface area contributed by atoms with Gasteiger partial charge in [0.2, 0.25) is 0 Å². The largest absolute Gasteiger partial charge is 0.497 e.